The molecule has 0 bridgehead atoms. The zero-order valence-electron chi connectivity index (χ0n) is 11.5. The predicted octanol–water partition coefficient (Wildman–Crippen LogP) is 3.78. The van der Waals surface area contributed by atoms with Crippen molar-refractivity contribution in [1.29, 1.82) is 0 Å². The van der Waals surface area contributed by atoms with Gasteiger partial charge in [-0.3, -0.25) is 4.79 Å². The average Bonchev–Trinajstić information content (AvgIpc) is 2.79. The molecule has 0 aromatic heterocycles. The Labute approximate surface area is 123 Å². The molecule has 2 aliphatic heterocycles. The van der Waals surface area contributed by atoms with Crippen molar-refractivity contribution < 1.29 is 4.79 Å². The van der Waals surface area contributed by atoms with Gasteiger partial charge in [-0.1, -0.05) is 24.3 Å². The Balaban J connectivity index is 1.90. The number of Topliss-reactive ketones (excluding diaryl/α,β-unsaturated/α-hetero) is 1. The van der Waals surface area contributed by atoms with Crippen molar-refractivity contribution in [3.63, 3.8) is 0 Å². The van der Waals surface area contributed by atoms with Gasteiger partial charge in [0.05, 0.1) is 6.04 Å². The summed E-state index contributed by atoms with van der Waals surface area (Å²) in [5.41, 5.74) is 3.58. The van der Waals surface area contributed by atoms with Crippen LogP contribution in [-0.2, 0) is 0 Å². The first-order valence-electron chi connectivity index (χ1n) is 7.25. The van der Waals surface area contributed by atoms with E-state index in [1.807, 2.05) is 11.8 Å². The minimum atomic E-state index is 0.304. The monoisotopic (exact) mass is 283 g/mol. The van der Waals surface area contributed by atoms with Crippen molar-refractivity contribution in [2.45, 2.75) is 30.2 Å². The van der Waals surface area contributed by atoms with Gasteiger partial charge in [-0.05, 0) is 24.6 Å². The maximum atomic E-state index is 12.1. The summed E-state index contributed by atoms with van der Waals surface area (Å²) in [7, 11) is 0. The summed E-state index contributed by atoms with van der Waals surface area (Å²) >= 11 is 1.83. The molecule has 3 heteroatoms. The summed E-state index contributed by atoms with van der Waals surface area (Å²) in [6, 6.07) is 4.83. The first kappa shape index (κ1) is 12.3. The molecule has 2 unspecified atom stereocenters. The van der Waals surface area contributed by atoms with E-state index in [2.05, 4.69) is 48.3 Å². The second-order valence-corrected chi connectivity index (χ2v) is 6.64. The van der Waals surface area contributed by atoms with E-state index in [-0.39, 0.29) is 0 Å². The van der Waals surface area contributed by atoms with Crippen LogP contribution in [0, 0.1) is 0 Å². The van der Waals surface area contributed by atoms with Crippen molar-refractivity contribution in [3.05, 3.63) is 47.6 Å². The molecule has 2 heterocycles. The van der Waals surface area contributed by atoms with Crippen LogP contribution in [0.2, 0.25) is 0 Å². The SMILES string of the molecule is CCN1c2cc3c(cc2C2C=CC=CC21)SCCC3=O. The summed E-state index contributed by atoms with van der Waals surface area (Å²) in [4.78, 5) is 15.7. The molecular weight excluding hydrogens is 266 g/mol. The zero-order valence-corrected chi connectivity index (χ0v) is 12.3. The Morgan fingerprint density at radius 2 is 2.15 bits per heavy atom. The van der Waals surface area contributed by atoms with Gasteiger partial charge >= 0.3 is 0 Å². The summed E-state index contributed by atoms with van der Waals surface area (Å²) in [5.74, 6) is 1.67. The highest BCUT2D eigenvalue weighted by Crippen LogP contribution is 2.47. The molecule has 0 fully saturated rings. The Morgan fingerprint density at radius 1 is 1.30 bits per heavy atom. The average molecular weight is 283 g/mol. The maximum Gasteiger partial charge on any atom is 0.164 e. The molecule has 0 amide bonds. The number of fused-ring (bicyclic) bond motifs is 4. The zero-order chi connectivity index (χ0) is 13.7. The molecule has 0 saturated heterocycles. The fourth-order valence-corrected chi connectivity index (χ4v) is 4.59. The molecule has 0 saturated carbocycles. The lowest BCUT2D eigenvalue weighted by Crippen LogP contribution is -2.32. The first-order chi connectivity index (χ1) is 9.79. The molecule has 2 atom stereocenters. The molecule has 0 radical (unpaired) electrons. The van der Waals surface area contributed by atoms with Gasteiger partial charge in [0.2, 0.25) is 0 Å². The summed E-state index contributed by atoms with van der Waals surface area (Å²) < 4.78 is 0. The fraction of sp³-hybridized carbons (Fsp3) is 0.353. The lowest BCUT2D eigenvalue weighted by atomic mass is 9.90. The third-order valence-corrected chi connectivity index (χ3v) is 5.55. The van der Waals surface area contributed by atoms with E-state index in [9.17, 15) is 4.79 Å². The lowest BCUT2D eigenvalue weighted by Gasteiger charge is -2.27. The van der Waals surface area contributed by atoms with Gasteiger partial charge in [0.25, 0.3) is 0 Å². The van der Waals surface area contributed by atoms with Crippen LogP contribution < -0.4 is 4.90 Å². The Hall–Kier alpha value is -1.48. The van der Waals surface area contributed by atoms with Gasteiger partial charge in [-0.25, -0.2) is 0 Å². The number of likely N-dealkylation sites (N-methyl/N-ethyl adjacent to an activating group) is 1. The highest BCUT2D eigenvalue weighted by atomic mass is 32.2. The topological polar surface area (TPSA) is 20.3 Å². The van der Waals surface area contributed by atoms with Crippen LogP contribution >= 0.6 is 11.8 Å². The molecule has 1 aromatic rings. The molecular formula is C17H17NOS. The van der Waals surface area contributed by atoms with Gasteiger partial charge in [-0.2, -0.15) is 0 Å². The van der Waals surface area contributed by atoms with Crippen LogP contribution in [0.25, 0.3) is 0 Å². The normalized spacial score (nSPS) is 26.4. The third-order valence-electron chi connectivity index (χ3n) is 4.49. The number of carbonyl (C=O) groups is 1. The van der Waals surface area contributed by atoms with E-state index >= 15 is 0 Å². The van der Waals surface area contributed by atoms with Gasteiger partial charge < -0.3 is 4.90 Å². The summed E-state index contributed by atoms with van der Waals surface area (Å²) in [5, 5.41) is 0. The van der Waals surface area contributed by atoms with Crippen LogP contribution in [0.4, 0.5) is 5.69 Å². The number of benzene rings is 1. The van der Waals surface area contributed by atoms with Crippen molar-refractivity contribution in [2.24, 2.45) is 0 Å². The molecule has 0 N–H and O–H groups in total. The molecule has 4 rings (SSSR count). The number of carbonyl (C=O) groups excluding carboxylic acids is 1. The first-order valence-corrected chi connectivity index (χ1v) is 8.23. The van der Waals surface area contributed by atoms with Crippen LogP contribution in [0.15, 0.2) is 41.3 Å². The fourth-order valence-electron chi connectivity index (χ4n) is 3.55. The highest BCUT2D eigenvalue weighted by Gasteiger charge is 2.37. The Kier molecular flexibility index (Phi) is 2.77. The molecule has 1 aliphatic carbocycles. The van der Waals surface area contributed by atoms with Crippen LogP contribution in [-0.4, -0.2) is 24.1 Å². The molecule has 20 heavy (non-hydrogen) atoms. The largest absolute Gasteiger partial charge is 0.364 e. The van der Waals surface area contributed by atoms with Gasteiger partial charge in [0.15, 0.2) is 5.78 Å². The minimum Gasteiger partial charge on any atom is -0.364 e. The molecule has 102 valence electrons. The van der Waals surface area contributed by atoms with Gasteiger partial charge in [0, 0.05) is 40.8 Å². The van der Waals surface area contributed by atoms with Crippen molar-refractivity contribution >= 4 is 23.2 Å². The second kappa shape index (κ2) is 4.52. The smallest absolute Gasteiger partial charge is 0.164 e. The third kappa shape index (κ3) is 1.62. The van der Waals surface area contributed by atoms with E-state index in [0.29, 0.717) is 24.2 Å². The van der Waals surface area contributed by atoms with E-state index in [0.717, 1.165) is 17.9 Å². The Bertz CT molecular complexity index is 647. The number of hydrogen-bond acceptors (Lipinski definition) is 3. The minimum absolute atomic E-state index is 0.304. The number of nitrogens with zero attached hydrogens (tertiary/aromatic N) is 1. The van der Waals surface area contributed by atoms with E-state index < -0.39 is 0 Å². The maximum absolute atomic E-state index is 12.1. The highest BCUT2D eigenvalue weighted by molar-refractivity contribution is 7.99. The van der Waals surface area contributed by atoms with Crippen LogP contribution in [0.5, 0.6) is 0 Å². The Morgan fingerprint density at radius 3 is 3.00 bits per heavy atom. The van der Waals surface area contributed by atoms with Gasteiger partial charge in [-0.15, -0.1) is 11.8 Å². The van der Waals surface area contributed by atoms with Crippen molar-refractivity contribution in [3.8, 4) is 0 Å². The standard InChI is InChI=1S/C17H17NOS/c1-2-18-14-6-4-3-5-11(14)12-10-17-13(9-15(12)18)16(19)7-8-20-17/h3-6,9-11,14H,2,7-8H2,1H3. The van der Waals surface area contributed by atoms with E-state index in [4.69, 9.17) is 0 Å². The van der Waals surface area contributed by atoms with Crippen molar-refractivity contribution in [2.75, 3.05) is 17.2 Å². The van der Waals surface area contributed by atoms with Crippen LogP contribution in [0.1, 0.15) is 35.2 Å². The molecule has 0 spiro atoms. The number of ketones is 1. The predicted molar refractivity (Wildman–Crippen MR) is 83.9 cm³/mol. The summed E-state index contributed by atoms with van der Waals surface area (Å²) in [6.07, 6.45) is 9.52. The molecule has 1 aromatic carbocycles. The van der Waals surface area contributed by atoms with Crippen LogP contribution in [0.3, 0.4) is 0 Å². The number of hydrogen-bond donors (Lipinski definition) is 0. The number of allylic oxidation sites excluding steroid dienone is 2. The second-order valence-electron chi connectivity index (χ2n) is 5.50. The van der Waals surface area contributed by atoms with E-state index in [1.165, 1.54) is 16.1 Å². The number of thioether (sulfide) groups is 1. The molecule has 3 aliphatic rings. The van der Waals surface area contributed by atoms with Gasteiger partial charge in [0.1, 0.15) is 0 Å². The summed E-state index contributed by atoms with van der Waals surface area (Å²) in [6.45, 7) is 3.17. The van der Waals surface area contributed by atoms with E-state index in [1.54, 1.807) is 0 Å². The molecule has 2 nitrogen and oxygen atoms in total. The van der Waals surface area contributed by atoms with Crippen molar-refractivity contribution in [1.82, 2.24) is 0 Å². The quantitative estimate of drug-likeness (QED) is 0.782. The lowest BCUT2D eigenvalue weighted by molar-refractivity contribution is 0.0985. The number of anilines is 1. The number of rotatable bonds is 1.